The van der Waals surface area contributed by atoms with E-state index in [0.717, 1.165) is 63.3 Å². The van der Waals surface area contributed by atoms with Crippen LogP contribution in [0.4, 0.5) is 5.82 Å². The summed E-state index contributed by atoms with van der Waals surface area (Å²) in [5.74, 6) is 9.01. The van der Waals surface area contributed by atoms with Crippen molar-refractivity contribution >= 4 is 23.9 Å². The number of halogens is 1. The van der Waals surface area contributed by atoms with Gasteiger partial charge in [-0.15, -0.1) is 18.3 Å². The zero-order valence-corrected chi connectivity index (χ0v) is 19.9. The summed E-state index contributed by atoms with van der Waals surface area (Å²) >= 11 is 0. The van der Waals surface area contributed by atoms with E-state index in [-0.39, 0.29) is 12.4 Å². The number of benzene rings is 1. The quantitative estimate of drug-likeness (QED) is 0.507. The van der Waals surface area contributed by atoms with Crippen molar-refractivity contribution in [3.63, 3.8) is 0 Å². The molecule has 0 spiro atoms. The van der Waals surface area contributed by atoms with Crippen molar-refractivity contribution in [2.45, 2.75) is 46.8 Å². The fraction of sp³-hybridized carbons (Fsp3) is 0.440. The van der Waals surface area contributed by atoms with E-state index in [9.17, 15) is 0 Å². The molecule has 1 aliphatic carbocycles. The number of methoxy groups -OCH3 is 1. The van der Waals surface area contributed by atoms with E-state index in [1.807, 2.05) is 17.5 Å². The third kappa shape index (κ3) is 3.92. The van der Waals surface area contributed by atoms with Crippen molar-refractivity contribution in [2.75, 3.05) is 25.1 Å². The minimum Gasteiger partial charge on any atom is -0.497 e. The van der Waals surface area contributed by atoms with Gasteiger partial charge in [-0.05, 0) is 62.8 Å². The lowest BCUT2D eigenvalue weighted by Gasteiger charge is -2.25. The van der Waals surface area contributed by atoms with Gasteiger partial charge in [0, 0.05) is 17.7 Å². The van der Waals surface area contributed by atoms with Crippen molar-refractivity contribution in [2.24, 2.45) is 5.92 Å². The van der Waals surface area contributed by atoms with Crippen molar-refractivity contribution in [3.05, 3.63) is 40.7 Å². The van der Waals surface area contributed by atoms with Gasteiger partial charge in [-0.3, -0.25) is 0 Å². The molecule has 0 bridgehead atoms. The Morgan fingerprint density at radius 1 is 1.25 bits per heavy atom. The average molecular weight is 453 g/mol. The molecule has 168 valence electrons. The molecule has 0 atom stereocenters. The van der Waals surface area contributed by atoms with Crippen LogP contribution in [-0.2, 0) is 18.0 Å². The maximum absolute atomic E-state index is 5.82. The Hall–Kier alpha value is -2.75. The molecule has 0 unspecified atom stereocenters. The van der Waals surface area contributed by atoms with Crippen LogP contribution >= 0.6 is 12.4 Å². The maximum Gasteiger partial charge on any atom is 0.165 e. The molecule has 0 N–H and O–H groups in total. The van der Waals surface area contributed by atoms with Crippen LogP contribution in [0.15, 0.2) is 18.2 Å². The van der Waals surface area contributed by atoms with Gasteiger partial charge in [0.05, 0.1) is 38.3 Å². The molecular formula is C25H29ClN4O2. The topological polar surface area (TPSA) is 51.9 Å². The fourth-order valence-corrected chi connectivity index (χ4v) is 4.43. The molecule has 1 aromatic carbocycles. The van der Waals surface area contributed by atoms with Crippen LogP contribution in [0.5, 0.6) is 5.75 Å². The number of aromatic nitrogens is 3. The summed E-state index contributed by atoms with van der Waals surface area (Å²) in [6.45, 7) is 8.87. The summed E-state index contributed by atoms with van der Waals surface area (Å²) < 4.78 is 13.3. The number of nitrogens with zero attached hydrogens (tertiary/aromatic N) is 4. The highest BCUT2D eigenvalue weighted by atomic mass is 35.5. The van der Waals surface area contributed by atoms with Gasteiger partial charge < -0.3 is 14.4 Å². The number of hydrogen-bond acceptors (Lipinski definition) is 5. The lowest BCUT2D eigenvalue weighted by atomic mass is 10.0. The first-order valence-electron chi connectivity index (χ1n) is 10.9. The highest BCUT2D eigenvalue weighted by molar-refractivity contribution is 5.85. The Labute approximate surface area is 195 Å². The van der Waals surface area contributed by atoms with Crippen molar-refractivity contribution in [1.29, 1.82) is 0 Å². The van der Waals surface area contributed by atoms with Gasteiger partial charge in [0.25, 0.3) is 0 Å². The summed E-state index contributed by atoms with van der Waals surface area (Å²) in [5, 5.41) is 4.98. The third-order valence-corrected chi connectivity index (χ3v) is 6.21. The Bertz CT molecular complexity index is 1220. The zero-order chi connectivity index (χ0) is 21.5. The highest BCUT2D eigenvalue weighted by Crippen LogP contribution is 2.38. The molecule has 3 aromatic rings. The van der Waals surface area contributed by atoms with Crippen LogP contribution in [0.2, 0.25) is 0 Å². The molecule has 1 saturated carbocycles. The number of rotatable bonds is 6. The number of aryl methyl sites for hydroxylation is 2. The summed E-state index contributed by atoms with van der Waals surface area (Å²) in [6.07, 6.45) is 2.58. The predicted octanol–water partition coefficient (Wildman–Crippen LogP) is 4.71. The highest BCUT2D eigenvalue weighted by Gasteiger charge is 2.31. The van der Waals surface area contributed by atoms with Crippen molar-refractivity contribution in [1.82, 2.24) is 14.6 Å². The normalized spacial score (nSPS) is 14.5. The van der Waals surface area contributed by atoms with Gasteiger partial charge in [0.1, 0.15) is 11.6 Å². The van der Waals surface area contributed by atoms with Crippen LogP contribution in [0, 0.1) is 31.6 Å². The molecule has 2 aromatic heterocycles. The van der Waals surface area contributed by atoms with Crippen LogP contribution in [-0.4, -0.2) is 34.8 Å². The number of anilines is 1. The molecule has 32 heavy (non-hydrogen) atoms. The summed E-state index contributed by atoms with van der Waals surface area (Å²) in [4.78, 5) is 7.42. The molecule has 1 aliphatic heterocycles. The van der Waals surface area contributed by atoms with Crippen LogP contribution in [0.25, 0.3) is 16.8 Å². The molecule has 7 heteroatoms. The number of hydrogen-bond donors (Lipinski definition) is 0. The van der Waals surface area contributed by atoms with Crippen LogP contribution < -0.4 is 9.64 Å². The molecule has 6 nitrogen and oxygen atoms in total. The molecule has 0 saturated heterocycles. The molecule has 0 radical (unpaired) electrons. The number of ether oxygens (including phenoxy) is 2. The monoisotopic (exact) mass is 452 g/mol. The summed E-state index contributed by atoms with van der Waals surface area (Å²) in [6, 6.07) is 6.17. The SMILES string of the molecule is CC#CCN(CC1CC1)c1c2c(nc3c(-c4ccc(OC)cc4C)c(C)nn13)COC2.Cl. The Kier molecular flexibility index (Phi) is 6.32. The van der Waals surface area contributed by atoms with E-state index in [2.05, 4.69) is 42.7 Å². The van der Waals surface area contributed by atoms with E-state index >= 15 is 0 Å². The fourth-order valence-electron chi connectivity index (χ4n) is 4.43. The largest absolute Gasteiger partial charge is 0.497 e. The Balaban J connectivity index is 0.00000245. The molecular weight excluding hydrogens is 424 g/mol. The van der Waals surface area contributed by atoms with Crippen LogP contribution in [0.1, 0.15) is 42.3 Å². The zero-order valence-electron chi connectivity index (χ0n) is 19.1. The summed E-state index contributed by atoms with van der Waals surface area (Å²) in [5.41, 5.74) is 7.36. The van der Waals surface area contributed by atoms with Gasteiger partial charge in [-0.1, -0.05) is 12.0 Å². The second kappa shape index (κ2) is 9.01. The van der Waals surface area contributed by atoms with Gasteiger partial charge in [0.2, 0.25) is 0 Å². The standard InChI is InChI=1S/C25H28N4O2.ClH/c1-5-6-11-28(13-18-7-8-18)25-21-14-31-15-22(21)26-24-23(17(3)27-29(24)25)20-10-9-19(30-4)12-16(20)2;/h9-10,12,18H,7-8,11,13-15H2,1-4H3;1H. The van der Waals surface area contributed by atoms with Gasteiger partial charge >= 0.3 is 0 Å². The Morgan fingerprint density at radius 3 is 2.75 bits per heavy atom. The van der Waals surface area contributed by atoms with E-state index in [4.69, 9.17) is 19.6 Å². The molecule has 0 amide bonds. The lowest BCUT2D eigenvalue weighted by Crippen LogP contribution is -2.30. The maximum atomic E-state index is 5.82. The predicted molar refractivity (Wildman–Crippen MR) is 129 cm³/mol. The van der Waals surface area contributed by atoms with Gasteiger partial charge in [0.15, 0.2) is 5.65 Å². The van der Waals surface area contributed by atoms with E-state index in [1.54, 1.807) is 7.11 Å². The third-order valence-electron chi connectivity index (χ3n) is 6.21. The Morgan fingerprint density at radius 2 is 2.06 bits per heavy atom. The smallest absolute Gasteiger partial charge is 0.165 e. The van der Waals surface area contributed by atoms with Gasteiger partial charge in [-0.2, -0.15) is 9.61 Å². The van der Waals surface area contributed by atoms with Crippen LogP contribution in [0.3, 0.4) is 0 Å². The van der Waals surface area contributed by atoms with E-state index in [0.29, 0.717) is 19.8 Å². The molecule has 1 fully saturated rings. The summed E-state index contributed by atoms with van der Waals surface area (Å²) in [7, 11) is 1.69. The van der Waals surface area contributed by atoms with E-state index in [1.165, 1.54) is 12.8 Å². The second-order valence-corrected chi connectivity index (χ2v) is 8.48. The number of fused-ring (bicyclic) bond motifs is 2. The average Bonchev–Trinajstić information content (AvgIpc) is 3.36. The molecule has 5 rings (SSSR count). The first-order chi connectivity index (χ1) is 15.1. The first kappa shape index (κ1) is 22.4. The minimum absolute atomic E-state index is 0. The van der Waals surface area contributed by atoms with Crippen molar-refractivity contribution < 1.29 is 9.47 Å². The second-order valence-electron chi connectivity index (χ2n) is 8.48. The van der Waals surface area contributed by atoms with E-state index < -0.39 is 0 Å². The first-order valence-corrected chi connectivity index (χ1v) is 10.9. The van der Waals surface area contributed by atoms with Crippen molar-refractivity contribution in [3.8, 4) is 28.7 Å². The molecule has 3 heterocycles. The van der Waals surface area contributed by atoms with Gasteiger partial charge in [-0.25, -0.2) is 4.98 Å². The molecule has 2 aliphatic rings. The minimum atomic E-state index is 0. The lowest BCUT2D eigenvalue weighted by molar-refractivity contribution is 0.133.